The third-order valence-electron chi connectivity index (χ3n) is 7.15. The van der Waals surface area contributed by atoms with Crippen LogP contribution in [0.5, 0.6) is 0 Å². The number of carbonyl (C=O) groups is 1. The number of benzene rings is 2. The minimum absolute atomic E-state index is 0.146. The lowest BCUT2D eigenvalue weighted by atomic mass is 9.86. The first kappa shape index (κ1) is 20.2. The zero-order valence-electron chi connectivity index (χ0n) is 19.3. The van der Waals surface area contributed by atoms with Gasteiger partial charge in [-0.05, 0) is 44.0 Å². The number of carbonyl (C=O) groups excluding carboxylic acids is 1. The number of nitrogens with one attached hydrogen (secondary N) is 2. The lowest BCUT2D eigenvalue weighted by molar-refractivity contribution is -0.122. The van der Waals surface area contributed by atoms with Gasteiger partial charge in [0, 0.05) is 43.9 Å². The molecule has 2 aliphatic heterocycles. The zero-order valence-corrected chi connectivity index (χ0v) is 19.3. The number of rotatable bonds is 4. The standard InChI is InChI=1S/C26H28N6O/c1-4-32-22-13-21-20(12-18(22)26(2,3)25(32)33)27-24(28-21)23-17-15-31(11-10-19(17)29-30-23)14-16-8-6-5-7-9-16/h5-9,12-13H,4,10-11,14-15H2,1-3H3,(H,27,28)(H,29,30). The molecule has 6 rings (SSSR count). The van der Waals surface area contributed by atoms with E-state index in [1.807, 2.05) is 31.7 Å². The number of H-pyrrole nitrogens is 2. The van der Waals surface area contributed by atoms with Crippen molar-refractivity contribution >= 4 is 22.6 Å². The van der Waals surface area contributed by atoms with Gasteiger partial charge in [0.05, 0.1) is 22.1 Å². The summed E-state index contributed by atoms with van der Waals surface area (Å²) in [6.07, 6.45) is 0.950. The summed E-state index contributed by atoms with van der Waals surface area (Å²) in [7, 11) is 0. The number of hydrogen-bond donors (Lipinski definition) is 2. The molecule has 0 bridgehead atoms. The largest absolute Gasteiger partial charge is 0.337 e. The molecule has 0 saturated carbocycles. The smallest absolute Gasteiger partial charge is 0.237 e. The monoisotopic (exact) mass is 440 g/mol. The van der Waals surface area contributed by atoms with Crippen molar-refractivity contribution in [3.63, 3.8) is 0 Å². The Hall–Kier alpha value is -3.45. The van der Waals surface area contributed by atoms with Crippen molar-refractivity contribution in [3.8, 4) is 11.5 Å². The molecule has 7 nitrogen and oxygen atoms in total. The van der Waals surface area contributed by atoms with Crippen LogP contribution in [0.4, 0.5) is 5.69 Å². The summed E-state index contributed by atoms with van der Waals surface area (Å²) in [6.45, 7) is 9.44. The Morgan fingerprint density at radius 2 is 1.97 bits per heavy atom. The van der Waals surface area contributed by atoms with E-state index in [0.717, 1.165) is 59.9 Å². The van der Waals surface area contributed by atoms with Crippen molar-refractivity contribution in [1.29, 1.82) is 0 Å². The van der Waals surface area contributed by atoms with Crippen LogP contribution in [-0.4, -0.2) is 44.1 Å². The van der Waals surface area contributed by atoms with E-state index >= 15 is 0 Å². The molecule has 7 heteroatoms. The summed E-state index contributed by atoms with van der Waals surface area (Å²) < 4.78 is 0. The second-order valence-corrected chi connectivity index (χ2v) is 9.62. The van der Waals surface area contributed by atoms with Crippen molar-refractivity contribution < 1.29 is 4.79 Å². The van der Waals surface area contributed by atoms with Crippen LogP contribution in [0.25, 0.3) is 22.6 Å². The van der Waals surface area contributed by atoms with Crippen LogP contribution in [0.2, 0.25) is 0 Å². The van der Waals surface area contributed by atoms with Crippen LogP contribution in [0.1, 0.15) is 43.2 Å². The number of fused-ring (bicyclic) bond motifs is 3. The van der Waals surface area contributed by atoms with Gasteiger partial charge in [-0.25, -0.2) is 4.98 Å². The molecule has 33 heavy (non-hydrogen) atoms. The third kappa shape index (κ3) is 3.10. The van der Waals surface area contributed by atoms with Gasteiger partial charge in [0.15, 0.2) is 5.82 Å². The van der Waals surface area contributed by atoms with E-state index in [9.17, 15) is 4.79 Å². The first-order valence-corrected chi connectivity index (χ1v) is 11.6. The summed E-state index contributed by atoms with van der Waals surface area (Å²) in [4.78, 5) is 25.6. The average Bonchev–Trinajstić information content (AvgIpc) is 3.46. The first-order chi connectivity index (χ1) is 16.0. The minimum Gasteiger partial charge on any atom is -0.337 e. The molecular weight excluding hydrogens is 412 g/mol. The number of hydrogen-bond acceptors (Lipinski definition) is 4. The fourth-order valence-corrected chi connectivity index (χ4v) is 5.28. The fourth-order valence-electron chi connectivity index (χ4n) is 5.28. The predicted octanol–water partition coefficient (Wildman–Crippen LogP) is 4.16. The first-order valence-electron chi connectivity index (χ1n) is 11.6. The molecule has 168 valence electrons. The van der Waals surface area contributed by atoms with Gasteiger partial charge in [0.25, 0.3) is 0 Å². The Kier molecular flexibility index (Phi) is 4.45. The van der Waals surface area contributed by atoms with E-state index in [4.69, 9.17) is 4.98 Å². The van der Waals surface area contributed by atoms with Crippen LogP contribution >= 0.6 is 0 Å². The zero-order chi connectivity index (χ0) is 22.7. The molecule has 2 N–H and O–H groups in total. The molecule has 0 spiro atoms. The quantitative estimate of drug-likeness (QED) is 0.499. The molecule has 4 heterocycles. The molecule has 2 aromatic heterocycles. The Morgan fingerprint density at radius 3 is 2.76 bits per heavy atom. The van der Waals surface area contributed by atoms with Crippen molar-refractivity contribution in [2.45, 2.75) is 45.7 Å². The number of aromatic nitrogens is 4. The molecule has 0 atom stereocenters. The van der Waals surface area contributed by atoms with E-state index in [0.29, 0.717) is 6.54 Å². The molecule has 0 radical (unpaired) electrons. The third-order valence-corrected chi connectivity index (χ3v) is 7.15. The Balaban J connectivity index is 1.35. The molecule has 4 aromatic rings. The highest BCUT2D eigenvalue weighted by molar-refractivity contribution is 6.09. The van der Waals surface area contributed by atoms with Crippen LogP contribution < -0.4 is 4.90 Å². The molecule has 0 aliphatic carbocycles. The van der Waals surface area contributed by atoms with E-state index in [1.54, 1.807) is 0 Å². The summed E-state index contributed by atoms with van der Waals surface area (Å²) >= 11 is 0. The van der Waals surface area contributed by atoms with Crippen LogP contribution in [0.15, 0.2) is 42.5 Å². The van der Waals surface area contributed by atoms with Gasteiger partial charge in [-0.2, -0.15) is 5.10 Å². The summed E-state index contributed by atoms with van der Waals surface area (Å²) in [6, 6.07) is 14.7. The molecule has 0 saturated heterocycles. The fraction of sp³-hybridized carbons (Fsp3) is 0.346. The van der Waals surface area contributed by atoms with Crippen molar-refractivity contribution in [1.82, 2.24) is 25.1 Å². The maximum absolute atomic E-state index is 12.9. The van der Waals surface area contributed by atoms with Crippen molar-refractivity contribution in [2.24, 2.45) is 0 Å². The highest BCUT2D eigenvalue weighted by Crippen LogP contribution is 2.43. The Morgan fingerprint density at radius 1 is 1.15 bits per heavy atom. The van der Waals surface area contributed by atoms with Gasteiger partial charge in [-0.15, -0.1) is 0 Å². The Labute approximate surface area is 192 Å². The van der Waals surface area contributed by atoms with Crippen LogP contribution in [-0.2, 0) is 29.7 Å². The topological polar surface area (TPSA) is 80.9 Å². The SMILES string of the molecule is CCN1C(=O)C(C)(C)c2cc3[nH]c(-c4n[nH]c5c4CN(Cc4ccccc4)CC5)nc3cc21. The van der Waals surface area contributed by atoms with Gasteiger partial charge in [0.2, 0.25) is 5.91 Å². The van der Waals surface area contributed by atoms with Gasteiger partial charge in [-0.1, -0.05) is 30.3 Å². The molecular formula is C26H28N6O. The normalized spacial score (nSPS) is 17.5. The molecule has 2 aliphatic rings. The van der Waals surface area contributed by atoms with E-state index in [-0.39, 0.29) is 5.91 Å². The van der Waals surface area contributed by atoms with Crippen LogP contribution in [0, 0.1) is 0 Å². The minimum atomic E-state index is -0.533. The maximum Gasteiger partial charge on any atom is 0.237 e. The number of amides is 1. The number of nitrogens with zero attached hydrogens (tertiary/aromatic N) is 4. The highest BCUT2D eigenvalue weighted by atomic mass is 16.2. The van der Waals surface area contributed by atoms with Crippen LogP contribution in [0.3, 0.4) is 0 Å². The number of likely N-dealkylation sites (N-methyl/N-ethyl adjacent to an activating group) is 1. The summed E-state index contributed by atoms with van der Waals surface area (Å²) in [5, 5.41) is 7.89. The number of aromatic amines is 2. The van der Waals surface area contributed by atoms with Gasteiger partial charge in [-0.3, -0.25) is 14.8 Å². The van der Waals surface area contributed by atoms with Crippen molar-refractivity contribution in [2.75, 3.05) is 18.0 Å². The molecule has 0 fully saturated rings. The molecule has 1 amide bonds. The van der Waals surface area contributed by atoms with E-state index in [2.05, 4.69) is 56.5 Å². The Bertz CT molecular complexity index is 1370. The maximum atomic E-state index is 12.9. The average molecular weight is 441 g/mol. The van der Waals surface area contributed by atoms with Gasteiger partial charge < -0.3 is 9.88 Å². The predicted molar refractivity (Wildman–Crippen MR) is 129 cm³/mol. The summed E-state index contributed by atoms with van der Waals surface area (Å²) in [5.41, 5.74) is 7.91. The van der Waals surface area contributed by atoms with Gasteiger partial charge in [0.1, 0.15) is 5.69 Å². The number of imidazole rings is 1. The van der Waals surface area contributed by atoms with Crippen molar-refractivity contribution in [3.05, 3.63) is 64.8 Å². The second kappa shape index (κ2) is 7.28. The lowest BCUT2D eigenvalue weighted by Crippen LogP contribution is -2.35. The molecule has 0 unspecified atom stereocenters. The van der Waals surface area contributed by atoms with Gasteiger partial charge >= 0.3 is 0 Å². The highest BCUT2D eigenvalue weighted by Gasteiger charge is 2.43. The second-order valence-electron chi connectivity index (χ2n) is 9.62. The van der Waals surface area contributed by atoms with E-state index < -0.39 is 5.41 Å². The molecule has 2 aromatic carbocycles. The summed E-state index contributed by atoms with van der Waals surface area (Å²) in [5.74, 6) is 0.924. The lowest BCUT2D eigenvalue weighted by Gasteiger charge is -2.26. The van der Waals surface area contributed by atoms with E-state index in [1.165, 1.54) is 16.8 Å². The number of anilines is 1.